The predicted octanol–water partition coefficient (Wildman–Crippen LogP) is 3.07. The lowest BCUT2D eigenvalue weighted by Gasteiger charge is -2.30. The van der Waals surface area contributed by atoms with Gasteiger partial charge >= 0.3 is 6.18 Å². The Balaban J connectivity index is 1.87. The zero-order valence-corrected chi connectivity index (χ0v) is 17.2. The lowest BCUT2D eigenvalue weighted by Crippen LogP contribution is -2.37. The van der Waals surface area contributed by atoms with Gasteiger partial charge in [0.25, 0.3) is 0 Å². The van der Waals surface area contributed by atoms with Crippen molar-refractivity contribution in [3.05, 3.63) is 23.4 Å². The van der Waals surface area contributed by atoms with Gasteiger partial charge in [0.05, 0.1) is 24.3 Å². The van der Waals surface area contributed by atoms with Crippen molar-refractivity contribution in [2.45, 2.75) is 19.0 Å². The van der Waals surface area contributed by atoms with E-state index in [2.05, 4.69) is 25.2 Å². The fraction of sp³-hybridized carbons (Fsp3) is 0.526. The van der Waals surface area contributed by atoms with Crippen LogP contribution in [0.3, 0.4) is 0 Å². The number of anilines is 3. The molecule has 2 aliphatic rings. The molecule has 0 aromatic carbocycles. The number of nitrogens with two attached hydrogens (primary N) is 1. The van der Waals surface area contributed by atoms with Gasteiger partial charge in [0.2, 0.25) is 0 Å². The number of pyridine rings is 1. The first-order valence-corrected chi connectivity index (χ1v) is 11.0. The highest BCUT2D eigenvalue weighted by Gasteiger charge is 2.36. The number of nitrogens with one attached hydrogen (secondary N) is 1. The Bertz CT molecular complexity index is 905. The van der Waals surface area contributed by atoms with E-state index in [0.717, 1.165) is 42.2 Å². The Morgan fingerprint density at radius 3 is 2.73 bits per heavy atom. The maximum Gasteiger partial charge on any atom is 0.417 e. The third kappa shape index (κ3) is 4.56. The maximum absolute atomic E-state index is 13.7. The van der Waals surface area contributed by atoms with E-state index in [1.165, 1.54) is 0 Å². The fourth-order valence-corrected chi connectivity index (χ4v) is 4.38. The summed E-state index contributed by atoms with van der Waals surface area (Å²) in [6, 6.07) is 0.832. The van der Waals surface area contributed by atoms with E-state index in [-0.39, 0.29) is 17.2 Å². The van der Waals surface area contributed by atoms with Gasteiger partial charge in [0, 0.05) is 37.1 Å². The van der Waals surface area contributed by atoms with E-state index >= 15 is 0 Å². The number of alkyl halides is 3. The fourth-order valence-electron chi connectivity index (χ4n) is 3.58. The number of ether oxygens (including phenoxy) is 1. The van der Waals surface area contributed by atoms with E-state index in [0.29, 0.717) is 44.5 Å². The molecule has 11 heteroatoms. The van der Waals surface area contributed by atoms with Crippen LogP contribution in [0, 0.1) is 0 Å². The molecule has 0 atom stereocenters. The molecule has 4 heterocycles. The molecular formula is C19H23F3N6OS. The molecule has 0 bridgehead atoms. The lowest BCUT2D eigenvalue weighted by atomic mass is 10.1. The summed E-state index contributed by atoms with van der Waals surface area (Å²) in [5, 5.41) is 3.31. The molecule has 0 saturated carbocycles. The molecule has 1 saturated heterocycles. The monoisotopic (exact) mass is 440 g/mol. The summed E-state index contributed by atoms with van der Waals surface area (Å²) in [5.41, 5.74) is 5.41. The average molecular weight is 440 g/mol. The summed E-state index contributed by atoms with van der Waals surface area (Å²) in [4.78, 5) is 15.1. The molecule has 0 aliphatic carbocycles. The average Bonchev–Trinajstić information content (AvgIpc) is 2.85. The number of halogens is 3. The van der Waals surface area contributed by atoms with E-state index in [1.54, 1.807) is 0 Å². The van der Waals surface area contributed by atoms with Gasteiger partial charge in [0.15, 0.2) is 5.82 Å². The van der Waals surface area contributed by atoms with Gasteiger partial charge in [-0.2, -0.15) is 24.9 Å². The van der Waals surface area contributed by atoms with Crippen LogP contribution in [-0.2, 0) is 17.3 Å². The number of hydrogen-bond acceptors (Lipinski definition) is 8. The van der Waals surface area contributed by atoms with Crippen LogP contribution in [0.1, 0.15) is 17.5 Å². The second kappa shape index (κ2) is 8.84. The smallest absolute Gasteiger partial charge is 0.384 e. The third-order valence-corrected chi connectivity index (χ3v) is 6.09. The Labute approximate surface area is 176 Å². The van der Waals surface area contributed by atoms with Gasteiger partial charge in [0.1, 0.15) is 17.5 Å². The molecule has 0 unspecified atom stereocenters. The molecule has 0 radical (unpaired) electrons. The molecule has 2 aliphatic heterocycles. The first kappa shape index (κ1) is 21.0. The number of aromatic nitrogens is 3. The number of nitrogen functional groups attached to an aromatic ring is 1. The van der Waals surface area contributed by atoms with Crippen molar-refractivity contribution in [2.24, 2.45) is 0 Å². The molecule has 162 valence electrons. The van der Waals surface area contributed by atoms with E-state index in [4.69, 9.17) is 10.5 Å². The van der Waals surface area contributed by atoms with Crippen molar-refractivity contribution in [2.75, 3.05) is 60.3 Å². The van der Waals surface area contributed by atoms with Crippen molar-refractivity contribution in [3.63, 3.8) is 0 Å². The minimum absolute atomic E-state index is 0.00512. The Hall–Kier alpha value is -2.27. The van der Waals surface area contributed by atoms with Crippen LogP contribution in [0.15, 0.2) is 12.3 Å². The van der Waals surface area contributed by atoms with Crippen LogP contribution in [-0.4, -0.2) is 59.3 Å². The standard InChI is InChI=1S/C19H23F3N6OS/c20-19(21,22)14-10-15(23)25-11-13(14)17-26-16-12(2-1-8-30-9-3-24-16)18(27-17)28-4-6-29-7-5-28/h10-11H,1-9H2,(H2,23,25)(H,24,26,27). The predicted molar refractivity (Wildman–Crippen MR) is 112 cm³/mol. The number of morpholine rings is 1. The van der Waals surface area contributed by atoms with E-state index in [1.807, 2.05) is 11.8 Å². The minimum atomic E-state index is -4.60. The number of fused-ring (bicyclic) bond motifs is 1. The van der Waals surface area contributed by atoms with Crippen molar-refractivity contribution in [1.29, 1.82) is 0 Å². The lowest BCUT2D eigenvalue weighted by molar-refractivity contribution is -0.137. The third-order valence-electron chi connectivity index (χ3n) is 5.02. The molecule has 4 rings (SSSR count). The molecule has 7 nitrogen and oxygen atoms in total. The molecule has 3 N–H and O–H groups in total. The Kier molecular flexibility index (Phi) is 6.19. The molecule has 2 aromatic rings. The summed E-state index contributed by atoms with van der Waals surface area (Å²) in [6.07, 6.45) is -1.78. The van der Waals surface area contributed by atoms with Crippen LogP contribution < -0.4 is 16.0 Å². The number of rotatable bonds is 2. The zero-order chi connectivity index (χ0) is 21.1. The number of thioether (sulfide) groups is 1. The quantitative estimate of drug-likeness (QED) is 0.737. The van der Waals surface area contributed by atoms with Gasteiger partial charge in [-0.15, -0.1) is 0 Å². The topological polar surface area (TPSA) is 89.2 Å². The first-order chi connectivity index (χ1) is 14.4. The Morgan fingerprint density at radius 1 is 1.17 bits per heavy atom. The van der Waals surface area contributed by atoms with Crippen molar-refractivity contribution < 1.29 is 17.9 Å². The number of hydrogen-bond donors (Lipinski definition) is 2. The van der Waals surface area contributed by atoms with Crippen LogP contribution in [0.2, 0.25) is 0 Å². The Morgan fingerprint density at radius 2 is 1.97 bits per heavy atom. The first-order valence-electron chi connectivity index (χ1n) is 9.82. The van der Waals surface area contributed by atoms with Crippen LogP contribution in [0.4, 0.5) is 30.6 Å². The van der Waals surface area contributed by atoms with Gasteiger partial charge in [-0.3, -0.25) is 0 Å². The molecule has 0 amide bonds. The molecular weight excluding hydrogens is 417 g/mol. The van der Waals surface area contributed by atoms with Crippen molar-refractivity contribution >= 4 is 29.2 Å². The van der Waals surface area contributed by atoms with Crippen molar-refractivity contribution in [3.8, 4) is 11.4 Å². The van der Waals surface area contributed by atoms with Crippen LogP contribution in [0.25, 0.3) is 11.4 Å². The van der Waals surface area contributed by atoms with Gasteiger partial charge in [-0.05, 0) is 24.7 Å². The van der Waals surface area contributed by atoms with Gasteiger partial charge < -0.3 is 20.7 Å². The summed E-state index contributed by atoms with van der Waals surface area (Å²) >= 11 is 1.85. The zero-order valence-electron chi connectivity index (χ0n) is 16.3. The normalized spacial score (nSPS) is 18.0. The van der Waals surface area contributed by atoms with E-state index in [9.17, 15) is 13.2 Å². The summed E-state index contributed by atoms with van der Waals surface area (Å²) in [7, 11) is 0. The maximum atomic E-state index is 13.7. The molecule has 1 fully saturated rings. The molecule has 30 heavy (non-hydrogen) atoms. The van der Waals surface area contributed by atoms with Crippen molar-refractivity contribution in [1.82, 2.24) is 15.0 Å². The van der Waals surface area contributed by atoms with E-state index < -0.39 is 11.7 Å². The summed E-state index contributed by atoms with van der Waals surface area (Å²) in [5.74, 6) is 2.98. The van der Waals surface area contributed by atoms with Gasteiger partial charge in [-0.1, -0.05) is 0 Å². The number of nitrogens with zero attached hydrogens (tertiary/aromatic N) is 4. The van der Waals surface area contributed by atoms with Crippen LogP contribution >= 0.6 is 11.8 Å². The summed E-state index contributed by atoms with van der Waals surface area (Å²) < 4.78 is 46.5. The highest BCUT2D eigenvalue weighted by Crippen LogP contribution is 2.38. The second-order valence-electron chi connectivity index (χ2n) is 7.09. The van der Waals surface area contributed by atoms with Crippen LogP contribution in [0.5, 0.6) is 0 Å². The highest BCUT2D eigenvalue weighted by molar-refractivity contribution is 7.99. The second-order valence-corrected chi connectivity index (χ2v) is 8.32. The highest BCUT2D eigenvalue weighted by atomic mass is 32.2. The molecule has 0 spiro atoms. The summed E-state index contributed by atoms with van der Waals surface area (Å²) in [6.45, 7) is 3.04. The largest absolute Gasteiger partial charge is 0.417 e. The minimum Gasteiger partial charge on any atom is -0.384 e. The molecule has 2 aromatic heterocycles. The van der Waals surface area contributed by atoms with Gasteiger partial charge in [-0.25, -0.2) is 15.0 Å². The SMILES string of the molecule is Nc1cc(C(F)(F)F)c(-c2nc3c(c(N4CCOCC4)n2)CCCSCCN3)cn1.